The summed E-state index contributed by atoms with van der Waals surface area (Å²) >= 11 is 0. The van der Waals surface area contributed by atoms with Gasteiger partial charge in [0.15, 0.2) is 0 Å². The van der Waals surface area contributed by atoms with E-state index >= 15 is 0 Å². The van der Waals surface area contributed by atoms with E-state index in [-0.39, 0.29) is 6.03 Å². The van der Waals surface area contributed by atoms with Crippen LogP contribution in [0.25, 0.3) is 0 Å². The highest BCUT2D eigenvalue weighted by molar-refractivity contribution is 5.74. The Morgan fingerprint density at radius 2 is 1.63 bits per heavy atom. The average Bonchev–Trinajstić information content (AvgIpc) is 2.74. The van der Waals surface area contributed by atoms with Gasteiger partial charge in [0, 0.05) is 69.6 Å². The quantitative estimate of drug-likeness (QED) is 0.853. The number of piperazine rings is 1. The zero-order chi connectivity index (χ0) is 19.1. The SMILES string of the molecule is CCN(CC)c1ccc(N2CCN(C(=O)NCc3ccncc3)CC2)cc1. The van der Waals surface area contributed by atoms with Gasteiger partial charge >= 0.3 is 6.03 Å². The fraction of sp³-hybridized carbons (Fsp3) is 0.429. The van der Waals surface area contributed by atoms with Crippen molar-refractivity contribution in [1.82, 2.24) is 15.2 Å². The van der Waals surface area contributed by atoms with E-state index in [4.69, 9.17) is 0 Å². The maximum atomic E-state index is 12.4. The van der Waals surface area contributed by atoms with Gasteiger partial charge in [-0.1, -0.05) is 0 Å². The highest BCUT2D eigenvalue weighted by Crippen LogP contribution is 2.22. The maximum Gasteiger partial charge on any atom is 0.317 e. The topological polar surface area (TPSA) is 51.7 Å². The minimum atomic E-state index is 0.00310. The molecule has 1 aliphatic heterocycles. The molecule has 2 amide bonds. The van der Waals surface area contributed by atoms with Gasteiger partial charge in [0.1, 0.15) is 0 Å². The molecule has 0 atom stereocenters. The summed E-state index contributed by atoms with van der Waals surface area (Å²) < 4.78 is 0. The molecule has 1 saturated heterocycles. The number of nitrogens with one attached hydrogen (secondary N) is 1. The molecule has 1 N–H and O–H groups in total. The maximum absolute atomic E-state index is 12.4. The predicted octanol–water partition coefficient (Wildman–Crippen LogP) is 2.96. The number of hydrogen-bond donors (Lipinski definition) is 1. The van der Waals surface area contributed by atoms with Gasteiger partial charge in [-0.3, -0.25) is 4.98 Å². The molecule has 2 aromatic rings. The van der Waals surface area contributed by atoms with E-state index in [1.54, 1.807) is 12.4 Å². The number of pyridine rings is 1. The molecule has 144 valence electrons. The third-order valence-corrected chi connectivity index (χ3v) is 5.10. The van der Waals surface area contributed by atoms with Crippen LogP contribution >= 0.6 is 0 Å². The highest BCUT2D eigenvalue weighted by atomic mass is 16.2. The average molecular weight is 367 g/mol. The summed E-state index contributed by atoms with van der Waals surface area (Å²) in [5.74, 6) is 0. The number of anilines is 2. The zero-order valence-electron chi connectivity index (χ0n) is 16.3. The second-order valence-electron chi connectivity index (χ2n) is 6.68. The van der Waals surface area contributed by atoms with Crippen molar-refractivity contribution >= 4 is 17.4 Å². The first-order chi connectivity index (χ1) is 13.2. The Kier molecular flexibility index (Phi) is 6.52. The second-order valence-corrected chi connectivity index (χ2v) is 6.68. The number of benzene rings is 1. The van der Waals surface area contributed by atoms with Crippen molar-refractivity contribution in [2.75, 3.05) is 49.1 Å². The normalized spacial score (nSPS) is 14.1. The Hall–Kier alpha value is -2.76. The van der Waals surface area contributed by atoms with Gasteiger partial charge in [0.25, 0.3) is 0 Å². The van der Waals surface area contributed by atoms with E-state index in [9.17, 15) is 4.79 Å². The van der Waals surface area contributed by atoms with Crippen LogP contribution in [0.1, 0.15) is 19.4 Å². The molecule has 1 fully saturated rings. The monoisotopic (exact) mass is 367 g/mol. The number of nitrogens with zero attached hydrogens (tertiary/aromatic N) is 4. The van der Waals surface area contributed by atoms with Gasteiger partial charge in [-0.2, -0.15) is 0 Å². The van der Waals surface area contributed by atoms with Crippen molar-refractivity contribution in [1.29, 1.82) is 0 Å². The molecule has 27 heavy (non-hydrogen) atoms. The zero-order valence-corrected chi connectivity index (χ0v) is 16.3. The molecule has 1 aromatic heterocycles. The van der Waals surface area contributed by atoms with Crippen molar-refractivity contribution < 1.29 is 4.79 Å². The number of amides is 2. The summed E-state index contributed by atoms with van der Waals surface area (Å²) in [6, 6.07) is 12.6. The van der Waals surface area contributed by atoms with Gasteiger partial charge in [0.05, 0.1) is 0 Å². The van der Waals surface area contributed by atoms with E-state index in [1.807, 2.05) is 17.0 Å². The number of carbonyl (C=O) groups is 1. The van der Waals surface area contributed by atoms with E-state index in [1.165, 1.54) is 11.4 Å². The van der Waals surface area contributed by atoms with E-state index in [2.05, 4.69) is 58.2 Å². The molecular weight excluding hydrogens is 338 g/mol. The smallest absolute Gasteiger partial charge is 0.317 e. The van der Waals surface area contributed by atoms with Crippen molar-refractivity contribution in [3.63, 3.8) is 0 Å². The van der Waals surface area contributed by atoms with Gasteiger partial charge in [-0.15, -0.1) is 0 Å². The van der Waals surface area contributed by atoms with Crippen molar-refractivity contribution in [2.24, 2.45) is 0 Å². The summed E-state index contributed by atoms with van der Waals surface area (Å²) in [4.78, 5) is 22.9. The van der Waals surface area contributed by atoms with Crippen LogP contribution in [0.5, 0.6) is 0 Å². The third-order valence-electron chi connectivity index (χ3n) is 5.10. The standard InChI is InChI=1S/C21H29N5O/c1-3-24(4-2)19-5-7-20(8-6-19)25-13-15-26(16-14-25)21(27)23-17-18-9-11-22-12-10-18/h5-12H,3-4,13-17H2,1-2H3,(H,23,27). The number of rotatable bonds is 6. The molecule has 0 bridgehead atoms. The lowest BCUT2D eigenvalue weighted by Gasteiger charge is -2.36. The largest absolute Gasteiger partial charge is 0.372 e. The molecule has 1 aliphatic rings. The molecule has 0 saturated carbocycles. The van der Waals surface area contributed by atoms with Crippen LogP contribution in [0.3, 0.4) is 0 Å². The molecule has 0 radical (unpaired) electrons. The fourth-order valence-corrected chi connectivity index (χ4v) is 3.42. The molecule has 6 nitrogen and oxygen atoms in total. The Bertz CT molecular complexity index is 707. The van der Waals surface area contributed by atoms with Crippen molar-refractivity contribution in [2.45, 2.75) is 20.4 Å². The molecule has 0 spiro atoms. The molecule has 1 aromatic carbocycles. The van der Waals surface area contributed by atoms with Crippen LogP contribution in [0.2, 0.25) is 0 Å². The number of aromatic nitrogens is 1. The lowest BCUT2D eigenvalue weighted by atomic mass is 10.2. The van der Waals surface area contributed by atoms with E-state index < -0.39 is 0 Å². The summed E-state index contributed by atoms with van der Waals surface area (Å²) in [7, 11) is 0. The molecule has 2 heterocycles. The van der Waals surface area contributed by atoms with Crippen LogP contribution in [-0.2, 0) is 6.54 Å². The van der Waals surface area contributed by atoms with Gasteiger partial charge in [0.2, 0.25) is 0 Å². The van der Waals surface area contributed by atoms with Crippen LogP contribution in [0, 0.1) is 0 Å². The Labute approximate surface area is 161 Å². The summed E-state index contributed by atoms with van der Waals surface area (Å²) in [5, 5.41) is 2.99. The molecule has 6 heteroatoms. The number of hydrogen-bond acceptors (Lipinski definition) is 4. The summed E-state index contributed by atoms with van der Waals surface area (Å²) in [6.45, 7) is 10.1. The highest BCUT2D eigenvalue weighted by Gasteiger charge is 2.21. The van der Waals surface area contributed by atoms with Crippen LogP contribution in [0.4, 0.5) is 16.2 Å². The Balaban J connectivity index is 1.49. The van der Waals surface area contributed by atoms with Crippen molar-refractivity contribution in [3.8, 4) is 0 Å². The minimum Gasteiger partial charge on any atom is -0.372 e. The number of urea groups is 1. The minimum absolute atomic E-state index is 0.00310. The Morgan fingerprint density at radius 3 is 2.22 bits per heavy atom. The third kappa shape index (κ3) is 4.90. The summed E-state index contributed by atoms with van der Waals surface area (Å²) in [6.07, 6.45) is 3.48. The molecule has 3 rings (SSSR count). The second kappa shape index (κ2) is 9.26. The molecular formula is C21H29N5O. The predicted molar refractivity (Wildman–Crippen MR) is 110 cm³/mol. The van der Waals surface area contributed by atoms with Gasteiger partial charge in [-0.25, -0.2) is 4.79 Å². The lowest BCUT2D eigenvalue weighted by Crippen LogP contribution is -2.51. The molecule has 0 unspecified atom stereocenters. The van der Waals surface area contributed by atoms with Gasteiger partial charge in [-0.05, 0) is 55.8 Å². The first-order valence-electron chi connectivity index (χ1n) is 9.73. The van der Waals surface area contributed by atoms with E-state index in [0.717, 1.165) is 44.8 Å². The van der Waals surface area contributed by atoms with Crippen LogP contribution in [-0.4, -0.2) is 55.2 Å². The first kappa shape index (κ1) is 19.0. The van der Waals surface area contributed by atoms with E-state index in [0.29, 0.717) is 6.54 Å². The fourth-order valence-electron chi connectivity index (χ4n) is 3.42. The van der Waals surface area contributed by atoms with Crippen LogP contribution in [0.15, 0.2) is 48.8 Å². The molecule has 0 aliphatic carbocycles. The number of carbonyl (C=O) groups excluding carboxylic acids is 1. The van der Waals surface area contributed by atoms with Crippen LogP contribution < -0.4 is 15.1 Å². The first-order valence-corrected chi connectivity index (χ1v) is 9.73. The van der Waals surface area contributed by atoms with Crippen molar-refractivity contribution in [3.05, 3.63) is 54.4 Å². The Morgan fingerprint density at radius 1 is 1.00 bits per heavy atom. The summed E-state index contributed by atoms with van der Waals surface area (Å²) in [5.41, 5.74) is 3.55. The lowest BCUT2D eigenvalue weighted by molar-refractivity contribution is 0.194. The van der Waals surface area contributed by atoms with Gasteiger partial charge < -0.3 is 20.0 Å².